The smallest absolute Gasteiger partial charge is 0.0709 e. The van der Waals surface area contributed by atoms with Crippen LogP contribution in [0.5, 0.6) is 0 Å². The molecular weight excluding hydrogens is 544 g/mol. The summed E-state index contributed by atoms with van der Waals surface area (Å²) in [5.74, 6) is 0.790. The van der Waals surface area contributed by atoms with Gasteiger partial charge in [0, 0.05) is 40.3 Å². The maximum atomic E-state index is 2.57. The third-order valence-electron chi connectivity index (χ3n) is 9.93. The SMILES string of the molecule is CC12C=CC=CC1C1=C(C=CCC1)N2c1ccc(C2C=CC(N(c3ccccc3)c3ccc(-c4ccccc4)cc3)=CC2)cc1. The van der Waals surface area contributed by atoms with Crippen LogP contribution in [0, 0.1) is 5.92 Å². The minimum atomic E-state index is -0.0574. The molecule has 4 aromatic rings. The van der Waals surface area contributed by atoms with Gasteiger partial charge in [-0.3, -0.25) is 0 Å². The van der Waals surface area contributed by atoms with E-state index in [0.29, 0.717) is 11.8 Å². The Balaban J connectivity index is 1.04. The third-order valence-corrected chi connectivity index (χ3v) is 9.93. The van der Waals surface area contributed by atoms with E-state index in [-0.39, 0.29) is 5.54 Å². The van der Waals surface area contributed by atoms with Crippen molar-refractivity contribution >= 4 is 17.1 Å². The fourth-order valence-corrected chi connectivity index (χ4v) is 7.64. The maximum absolute atomic E-state index is 2.57. The lowest BCUT2D eigenvalue weighted by atomic mass is 9.78. The zero-order chi connectivity index (χ0) is 30.2. The highest BCUT2D eigenvalue weighted by Gasteiger charge is 2.47. The van der Waals surface area contributed by atoms with Gasteiger partial charge >= 0.3 is 0 Å². The number of hydrogen-bond acceptors (Lipinski definition) is 2. The van der Waals surface area contributed by atoms with Crippen LogP contribution < -0.4 is 9.80 Å². The molecule has 4 aromatic carbocycles. The zero-order valence-electron chi connectivity index (χ0n) is 25.8. The van der Waals surface area contributed by atoms with Gasteiger partial charge in [0.25, 0.3) is 0 Å². The highest BCUT2D eigenvalue weighted by Crippen LogP contribution is 2.51. The predicted octanol–water partition coefficient (Wildman–Crippen LogP) is 11.0. The van der Waals surface area contributed by atoms with Gasteiger partial charge in [-0.1, -0.05) is 115 Å². The van der Waals surface area contributed by atoms with Crippen LogP contribution in [0.2, 0.25) is 0 Å². The summed E-state index contributed by atoms with van der Waals surface area (Å²) >= 11 is 0. The molecule has 3 aliphatic carbocycles. The van der Waals surface area contributed by atoms with Crippen molar-refractivity contribution in [1.29, 1.82) is 0 Å². The van der Waals surface area contributed by atoms with Crippen LogP contribution in [0.3, 0.4) is 0 Å². The fraction of sp³-hybridized carbons (Fsp3) is 0.163. The quantitative estimate of drug-likeness (QED) is 0.223. The fourth-order valence-electron chi connectivity index (χ4n) is 7.64. The van der Waals surface area contributed by atoms with Crippen LogP contribution in [-0.2, 0) is 0 Å². The van der Waals surface area contributed by atoms with E-state index in [2.05, 4.69) is 181 Å². The summed E-state index contributed by atoms with van der Waals surface area (Å²) in [5, 5.41) is 0. The van der Waals surface area contributed by atoms with Crippen molar-refractivity contribution in [3.63, 3.8) is 0 Å². The lowest BCUT2D eigenvalue weighted by Gasteiger charge is -2.40. The van der Waals surface area contributed by atoms with Crippen LogP contribution >= 0.6 is 0 Å². The average Bonchev–Trinajstić information content (AvgIpc) is 3.38. The Morgan fingerprint density at radius 3 is 2.16 bits per heavy atom. The molecule has 1 heterocycles. The maximum Gasteiger partial charge on any atom is 0.0709 e. The molecule has 45 heavy (non-hydrogen) atoms. The number of anilines is 3. The highest BCUT2D eigenvalue weighted by molar-refractivity contribution is 5.74. The van der Waals surface area contributed by atoms with E-state index in [1.165, 1.54) is 33.8 Å². The number of rotatable bonds is 6. The second-order valence-corrected chi connectivity index (χ2v) is 12.6. The van der Waals surface area contributed by atoms with Crippen LogP contribution in [0.1, 0.15) is 37.7 Å². The van der Waals surface area contributed by atoms with Crippen molar-refractivity contribution in [3.8, 4) is 11.1 Å². The van der Waals surface area contributed by atoms with E-state index < -0.39 is 0 Å². The van der Waals surface area contributed by atoms with Crippen LogP contribution in [0.4, 0.5) is 17.1 Å². The molecular formula is C43H38N2. The number of nitrogens with zero attached hydrogens (tertiary/aromatic N) is 2. The summed E-state index contributed by atoms with van der Waals surface area (Å²) in [6.07, 6.45) is 24.2. The Kier molecular flexibility index (Phi) is 6.99. The molecule has 8 rings (SSSR count). The minimum Gasteiger partial charge on any atom is -0.331 e. The van der Waals surface area contributed by atoms with E-state index in [9.17, 15) is 0 Å². The number of allylic oxidation sites excluding steroid dienone is 7. The van der Waals surface area contributed by atoms with Gasteiger partial charge < -0.3 is 9.80 Å². The summed E-state index contributed by atoms with van der Waals surface area (Å²) in [5.41, 5.74) is 11.5. The average molecular weight is 583 g/mol. The molecule has 0 fully saturated rings. The van der Waals surface area contributed by atoms with Crippen LogP contribution in [-0.4, -0.2) is 5.54 Å². The molecule has 3 unspecified atom stereocenters. The third kappa shape index (κ3) is 4.91. The van der Waals surface area contributed by atoms with Gasteiger partial charge in [-0.05, 0) is 97.0 Å². The summed E-state index contributed by atoms with van der Waals surface area (Å²) < 4.78 is 0. The first-order valence-corrected chi connectivity index (χ1v) is 16.2. The van der Waals surface area contributed by atoms with Gasteiger partial charge in [0.2, 0.25) is 0 Å². The molecule has 2 heteroatoms. The molecule has 220 valence electrons. The van der Waals surface area contributed by atoms with Crippen molar-refractivity contribution in [3.05, 3.63) is 186 Å². The summed E-state index contributed by atoms with van der Waals surface area (Å²) in [6.45, 7) is 2.39. The van der Waals surface area contributed by atoms with Crippen molar-refractivity contribution < 1.29 is 0 Å². The first-order valence-electron chi connectivity index (χ1n) is 16.2. The Morgan fingerprint density at radius 2 is 1.42 bits per heavy atom. The van der Waals surface area contributed by atoms with Crippen molar-refractivity contribution in [2.75, 3.05) is 9.80 Å². The normalized spacial score (nSPS) is 23.1. The number of fused-ring (bicyclic) bond motifs is 2. The molecule has 0 amide bonds. The number of para-hydroxylation sites is 1. The molecule has 0 radical (unpaired) electrons. The van der Waals surface area contributed by atoms with Gasteiger partial charge in [0.1, 0.15) is 0 Å². The Bertz CT molecular complexity index is 1870. The largest absolute Gasteiger partial charge is 0.331 e. The van der Waals surface area contributed by atoms with Crippen molar-refractivity contribution in [2.24, 2.45) is 5.92 Å². The molecule has 4 aliphatic rings. The summed E-state index contributed by atoms with van der Waals surface area (Å²) in [4.78, 5) is 4.94. The zero-order valence-corrected chi connectivity index (χ0v) is 25.8. The molecule has 2 nitrogen and oxygen atoms in total. The van der Waals surface area contributed by atoms with Gasteiger partial charge in [-0.2, -0.15) is 0 Å². The second kappa shape index (κ2) is 11.4. The topological polar surface area (TPSA) is 6.48 Å². The summed E-state index contributed by atoms with van der Waals surface area (Å²) in [7, 11) is 0. The van der Waals surface area contributed by atoms with Gasteiger partial charge in [0.15, 0.2) is 0 Å². The van der Waals surface area contributed by atoms with Gasteiger partial charge in [0.05, 0.1) is 5.54 Å². The van der Waals surface area contributed by atoms with E-state index >= 15 is 0 Å². The lowest BCUT2D eigenvalue weighted by molar-refractivity contribution is 0.487. The molecule has 0 N–H and O–H groups in total. The Morgan fingerprint density at radius 1 is 0.711 bits per heavy atom. The number of hydrogen-bond donors (Lipinski definition) is 0. The van der Waals surface area contributed by atoms with Gasteiger partial charge in [-0.15, -0.1) is 0 Å². The summed E-state index contributed by atoms with van der Waals surface area (Å²) in [6, 6.07) is 39.5. The van der Waals surface area contributed by atoms with Crippen molar-refractivity contribution in [2.45, 2.75) is 37.6 Å². The molecule has 3 atom stereocenters. The van der Waals surface area contributed by atoms with Crippen LogP contribution in [0.25, 0.3) is 11.1 Å². The second-order valence-electron chi connectivity index (χ2n) is 12.6. The van der Waals surface area contributed by atoms with E-state index in [1.807, 2.05) is 0 Å². The monoisotopic (exact) mass is 582 g/mol. The predicted molar refractivity (Wildman–Crippen MR) is 190 cm³/mol. The number of benzene rings is 4. The Labute approximate surface area is 267 Å². The van der Waals surface area contributed by atoms with Gasteiger partial charge in [-0.25, -0.2) is 0 Å². The first-order chi connectivity index (χ1) is 22.2. The van der Waals surface area contributed by atoms with E-state index in [0.717, 1.165) is 30.6 Å². The van der Waals surface area contributed by atoms with Crippen molar-refractivity contribution in [1.82, 2.24) is 0 Å². The molecule has 0 spiro atoms. The Hall–Kier alpha value is -5.08. The molecule has 0 saturated carbocycles. The standard InChI is InChI=1S/C43H38N2/c1-43-31-11-10-17-41(43)40-16-8-9-18-42(40)45(43)39-29-23-35(24-30-39)34-21-27-38(28-22-34)44(36-14-6-3-7-15-36)37-25-19-33(20-26-37)32-12-4-2-5-13-32/h2-7,9-15,17-21,23-31,34,41H,8,16,22H2,1H3. The van der Waals surface area contributed by atoms with Crippen LogP contribution in [0.15, 0.2) is 181 Å². The lowest BCUT2D eigenvalue weighted by Crippen LogP contribution is -2.45. The minimum absolute atomic E-state index is 0.0574. The van der Waals surface area contributed by atoms with E-state index in [4.69, 9.17) is 0 Å². The highest BCUT2D eigenvalue weighted by atomic mass is 15.2. The molecule has 0 saturated heterocycles. The first kappa shape index (κ1) is 27.5. The molecule has 0 aromatic heterocycles. The molecule has 1 aliphatic heterocycles. The van der Waals surface area contributed by atoms with E-state index in [1.54, 1.807) is 5.57 Å². The molecule has 0 bridgehead atoms.